The quantitative estimate of drug-likeness (QED) is 0.851. The first-order valence-electron chi connectivity index (χ1n) is 8.84. The molecule has 6 rings (SSSR count). The Balaban J connectivity index is 1.27. The summed E-state index contributed by atoms with van der Waals surface area (Å²) >= 11 is 1.48. The molecular weight excluding hydrogens is 330 g/mol. The predicted octanol–water partition coefficient (Wildman–Crippen LogP) is 3.60. The van der Waals surface area contributed by atoms with Crippen LogP contribution in [-0.4, -0.2) is 27.9 Å². The first-order valence-corrected chi connectivity index (χ1v) is 9.72. The van der Waals surface area contributed by atoms with Crippen molar-refractivity contribution >= 4 is 17.2 Å². The summed E-state index contributed by atoms with van der Waals surface area (Å²) in [4.78, 5) is 19.8. The van der Waals surface area contributed by atoms with Gasteiger partial charge >= 0.3 is 0 Å². The monoisotopic (exact) mass is 349 g/mol. The molecule has 5 heteroatoms. The highest BCUT2D eigenvalue weighted by Gasteiger charge is 2.71. The molecule has 1 aliphatic heterocycles. The number of rotatable bonds is 3. The molecule has 3 heterocycles. The minimum atomic E-state index is 0.123. The van der Waals surface area contributed by atoms with Crippen LogP contribution in [0, 0.1) is 11.3 Å². The second-order valence-corrected chi connectivity index (χ2v) is 8.77. The third-order valence-corrected chi connectivity index (χ3v) is 7.35. The summed E-state index contributed by atoms with van der Waals surface area (Å²) in [6, 6.07) is 8.40. The lowest BCUT2D eigenvalue weighted by atomic mass is 9.37. The summed E-state index contributed by atoms with van der Waals surface area (Å²) in [5.41, 5.74) is 2.97. The van der Waals surface area contributed by atoms with Gasteiger partial charge in [0.25, 0.3) is 0 Å². The number of aromatic nitrogens is 1. The molecule has 4 fully saturated rings. The van der Waals surface area contributed by atoms with Gasteiger partial charge < -0.3 is 4.90 Å². The van der Waals surface area contributed by atoms with Gasteiger partial charge in [-0.1, -0.05) is 0 Å². The fourth-order valence-electron chi connectivity index (χ4n) is 5.27. The summed E-state index contributed by atoms with van der Waals surface area (Å²) in [6.07, 6.45) is 8.67. The third kappa shape index (κ3) is 2.10. The van der Waals surface area contributed by atoms with E-state index in [0.717, 1.165) is 37.1 Å². The van der Waals surface area contributed by atoms with Crippen LogP contribution in [0.4, 0.5) is 0 Å². The van der Waals surface area contributed by atoms with Gasteiger partial charge in [-0.05, 0) is 66.3 Å². The molecule has 1 atom stereocenters. The lowest BCUT2D eigenvalue weighted by Crippen LogP contribution is -2.78. The highest BCUT2D eigenvalue weighted by atomic mass is 32.1. The zero-order valence-corrected chi connectivity index (χ0v) is 14.8. The SMILES string of the molecule is N#Cc1cc(C2CCN(C34CC(c5ccncc5)(C3)C4)C(=O)C2)cs1. The Bertz CT molecular complexity index is 862. The highest BCUT2D eigenvalue weighted by molar-refractivity contribution is 7.10. The standard InChI is InChI=1S/C20H19N3OS/c21-9-17-7-15(10-25-17)14-3-6-23(18(24)8-14)20-11-19(12-20,13-20)16-1-4-22-5-2-16/h1-2,4-5,7,10,14H,3,6,8,11-13H2. The number of piperidine rings is 1. The van der Waals surface area contributed by atoms with Crippen LogP contribution in [0.15, 0.2) is 36.0 Å². The van der Waals surface area contributed by atoms with Gasteiger partial charge in [0, 0.05) is 36.3 Å². The fourth-order valence-corrected chi connectivity index (χ4v) is 6.06. The van der Waals surface area contributed by atoms with E-state index in [9.17, 15) is 4.79 Å². The molecule has 25 heavy (non-hydrogen) atoms. The molecule has 2 aromatic rings. The lowest BCUT2D eigenvalue weighted by Gasteiger charge is -2.74. The van der Waals surface area contributed by atoms with Gasteiger partial charge in [-0.25, -0.2) is 0 Å². The molecule has 0 aromatic carbocycles. The summed E-state index contributed by atoms with van der Waals surface area (Å²) < 4.78 is 0. The Kier molecular flexibility index (Phi) is 3.11. The van der Waals surface area contributed by atoms with Gasteiger partial charge in [0.15, 0.2) is 0 Å². The van der Waals surface area contributed by atoms with Crippen molar-refractivity contribution in [1.82, 2.24) is 9.88 Å². The van der Waals surface area contributed by atoms with Crippen LogP contribution in [0.25, 0.3) is 0 Å². The van der Waals surface area contributed by atoms with Crippen molar-refractivity contribution in [2.75, 3.05) is 6.54 Å². The van der Waals surface area contributed by atoms with E-state index in [0.29, 0.717) is 17.7 Å². The molecular formula is C20H19N3OS. The third-order valence-electron chi connectivity index (χ3n) is 6.49. The maximum Gasteiger partial charge on any atom is 0.223 e. The van der Waals surface area contributed by atoms with Crippen molar-refractivity contribution in [3.8, 4) is 6.07 Å². The second-order valence-electron chi connectivity index (χ2n) is 7.86. The van der Waals surface area contributed by atoms with E-state index in [4.69, 9.17) is 5.26 Å². The average Bonchev–Trinajstić information content (AvgIpc) is 3.04. The normalized spacial score (nSPS) is 33.3. The Morgan fingerprint density at radius 2 is 2.04 bits per heavy atom. The number of pyridine rings is 1. The van der Waals surface area contributed by atoms with Gasteiger partial charge in [-0.3, -0.25) is 9.78 Å². The molecule has 126 valence electrons. The lowest BCUT2D eigenvalue weighted by molar-refractivity contribution is -0.189. The Morgan fingerprint density at radius 1 is 1.28 bits per heavy atom. The number of hydrogen-bond donors (Lipinski definition) is 0. The minimum Gasteiger partial charge on any atom is -0.337 e. The summed E-state index contributed by atoms with van der Waals surface area (Å²) in [5.74, 6) is 0.576. The van der Waals surface area contributed by atoms with E-state index >= 15 is 0 Å². The second kappa shape index (κ2) is 5.15. The maximum atomic E-state index is 12.8. The number of nitriles is 1. The summed E-state index contributed by atoms with van der Waals surface area (Å²) in [5, 5.41) is 11.0. The Morgan fingerprint density at radius 3 is 2.68 bits per heavy atom. The molecule has 0 N–H and O–H groups in total. The van der Waals surface area contributed by atoms with E-state index < -0.39 is 0 Å². The number of thiophene rings is 1. The molecule has 1 saturated heterocycles. The zero-order chi connectivity index (χ0) is 17.1. The first kappa shape index (κ1) is 15.1. The van der Waals surface area contributed by atoms with Gasteiger partial charge in [0.1, 0.15) is 10.9 Å². The number of carbonyl (C=O) groups excluding carboxylic acids is 1. The molecule has 2 aromatic heterocycles. The van der Waals surface area contributed by atoms with E-state index in [1.165, 1.54) is 22.5 Å². The smallest absolute Gasteiger partial charge is 0.223 e. The van der Waals surface area contributed by atoms with Crippen LogP contribution in [0.3, 0.4) is 0 Å². The number of carbonyl (C=O) groups is 1. The van der Waals surface area contributed by atoms with Gasteiger partial charge in [0.2, 0.25) is 5.91 Å². The molecule has 1 amide bonds. The van der Waals surface area contributed by atoms with E-state index in [1.54, 1.807) is 0 Å². The number of likely N-dealkylation sites (tertiary alicyclic amines) is 1. The van der Waals surface area contributed by atoms with Crippen LogP contribution in [-0.2, 0) is 10.2 Å². The average molecular weight is 349 g/mol. The molecule has 3 saturated carbocycles. The van der Waals surface area contributed by atoms with Crippen LogP contribution < -0.4 is 0 Å². The number of amides is 1. The summed E-state index contributed by atoms with van der Waals surface area (Å²) in [7, 11) is 0. The molecule has 0 radical (unpaired) electrons. The van der Waals surface area contributed by atoms with E-state index in [-0.39, 0.29) is 11.5 Å². The number of nitrogens with zero attached hydrogens (tertiary/aromatic N) is 3. The van der Waals surface area contributed by atoms with Crippen molar-refractivity contribution in [3.05, 3.63) is 52.0 Å². The van der Waals surface area contributed by atoms with Crippen LogP contribution in [0.1, 0.15) is 54.0 Å². The molecule has 2 bridgehead atoms. The minimum absolute atomic E-state index is 0.123. The maximum absolute atomic E-state index is 12.8. The van der Waals surface area contributed by atoms with E-state index in [2.05, 4.69) is 28.1 Å². The molecule has 4 aliphatic rings. The fraction of sp³-hybridized carbons (Fsp3) is 0.450. The Hall–Kier alpha value is -2.19. The number of hydrogen-bond acceptors (Lipinski definition) is 4. The van der Waals surface area contributed by atoms with Gasteiger partial charge in [-0.15, -0.1) is 11.3 Å². The van der Waals surface area contributed by atoms with Gasteiger partial charge in [0.05, 0.1) is 0 Å². The molecule has 1 unspecified atom stereocenters. The first-order chi connectivity index (χ1) is 12.1. The summed E-state index contributed by atoms with van der Waals surface area (Å²) in [6.45, 7) is 0.855. The molecule has 0 spiro atoms. The molecule has 4 nitrogen and oxygen atoms in total. The van der Waals surface area contributed by atoms with Crippen molar-refractivity contribution in [2.45, 2.75) is 49.0 Å². The van der Waals surface area contributed by atoms with Crippen molar-refractivity contribution in [3.63, 3.8) is 0 Å². The molecule has 3 aliphatic carbocycles. The van der Waals surface area contributed by atoms with Crippen LogP contribution in [0.5, 0.6) is 0 Å². The van der Waals surface area contributed by atoms with Crippen molar-refractivity contribution in [2.24, 2.45) is 0 Å². The van der Waals surface area contributed by atoms with Crippen molar-refractivity contribution in [1.29, 1.82) is 5.26 Å². The predicted molar refractivity (Wildman–Crippen MR) is 95.2 cm³/mol. The van der Waals surface area contributed by atoms with Crippen LogP contribution >= 0.6 is 11.3 Å². The Labute approximate surface area is 151 Å². The van der Waals surface area contributed by atoms with Gasteiger partial charge in [-0.2, -0.15) is 5.26 Å². The topological polar surface area (TPSA) is 57.0 Å². The zero-order valence-electron chi connectivity index (χ0n) is 13.9. The largest absolute Gasteiger partial charge is 0.337 e. The highest BCUT2D eigenvalue weighted by Crippen LogP contribution is 2.70. The van der Waals surface area contributed by atoms with Crippen molar-refractivity contribution < 1.29 is 4.79 Å². The van der Waals surface area contributed by atoms with E-state index in [1.807, 2.05) is 23.8 Å². The van der Waals surface area contributed by atoms with Crippen LogP contribution in [0.2, 0.25) is 0 Å².